The van der Waals surface area contributed by atoms with Gasteiger partial charge in [0.05, 0.1) is 19.0 Å². The predicted molar refractivity (Wildman–Crippen MR) is 53.3 cm³/mol. The SMILES string of the molecule is CCSc1cc(N)n(CCC#N)n1. The smallest absolute Gasteiger partial charge is 0.122 e. The Hall–Kier alpha value is -1.15. The van der Waals surface area contributed by atoms with Crippen molar-refractivity contribution in [1.82, 2.24) is 9.78 Å². The summed E-state index contributed by atoms with van der Waals surface area (Å²) >= 11 is 1.65. The number of nitrogens with two attached hydrogens (primary N) is 1. The maximum Gasteiger partial charge on any atom is 0.122 e. The Morgan fingerprint density at radius 2 is 2.54 bits per heavy atom. The number of aromatic nitrogens is 2. The topological polar surface area (TPSA) is 67.6 Å². The van der Waals surface area contributed by atoms with Crippen molar-refractivity contribution in [3.05, 3.63) is 6.07 Å². The second-order valence-electron chi connectivity index (χ2n) is 2.47. The molecule has 0 fully saturated rings. The van der Waals surface area contributed by atoms with Crippen LogP contribution in [0.1, 0.15) is 13.3 Å². The molecule has 0 spiro atoms. The molecular formula is C8H12N4S. The van der Waals surface area contributed by atoms with Gasteiger partial charge in [-0.15, -0.1) is 11.8 Å². The van der Waals surface area contributed by atoms with Gasteiger partial charge in [-0.3, -0.25) is 0 Å². The van der Waals surface area contributed by atoms with Gasteiger partial charge in [-0.25, -0.2) is 4.68 Å². The van der Waals surface area contributed by atoms with Crippen molar-refractivity contribution in [3.8, 4) is 6.07 Å². The Morgan fingerprint density at radius 1 is 1.77 bits per heavy atom. The molecule has 1 rings (SSSR count). The fourth-order valence-corrected chi connectivity index (χ4v) is 1.62. The van der Waals surface area contributed by atoms with E-state index in [1.807, 2.05) is 6.07 Å². The van der Waals surface area contributed by atoms with Gasteiger partial charge in [0, 0.05) is 6.07 Å². The lowest BCUT2D eigenvalue weighted by Gasteiger charge is -1.97. The average molecular weight is 196 g/mol. The number of hydrogen-bond donors (Lipinski definition) is 1. The van der Waals surface area contributed by atoms with E-state index in [1.54, 1.807) is 16.4 Å². The molecule has 70 valence electrons. The minimum Gasteiger partial charge on any atom is -0.384 e. The molecule has 0 bridgehead atoms. The van der Waals surface area contributed by atoms with Gasteiger partial charge in [-0.1, -0.05) is 6.92 Å². The molecule has 4 nitrogen and oxygen atoms in total. The van der Waals surface area contributed by atoms with Crippen LogP contribution in [0, 0.1) is 11.3 Å². The van der Waals surface area contributed by atoms with Crippen LogP contribution in [0.15, 0.2) is 11.1 Å². The van der Waals surface area contributed by atoms with Crippen molar-refractivity contribution in [2.45, 2.75) is 24.9 Å². The quantitative estimate of drug-likeness (QED) is 0.741. The Morgan fingerprint density at radius 3 is 3.15 bits per heavy atom. The summed E-state index contributed by atoms with van der Waals surface area (Å²) in [4.78, 5) is 0. The first kappa shape index (κ1) is 9.93. The first-order valence-electron chi connectivity index (χ1n) is 4.11. The second kappa shape index (κ2) is 4.77. The van der Waals surface area contributed by atoms with Gasteiger partial charge in [0.2, 0.25) is 0 Å². The summed E-state index contributed by atoms with van der Waals surface area (Å²) in [6, 6.07) is 3.90. The molecule has 5 heteroatoms. The lowest BCUT2D eigenvalue weighted by atomic mass is 10.5. The first-order chi connectivity index (χ1) is 6.27. The monoisotopic (exact) mass is 196 g/mol. The van der Waals surface area contributed by atoms with E-state index in [0.717, 1.165) is 10.8 Å². The molecule has 1 aromatic rings. The number of nitrogen functional groups attached to an aromatic ring is 1. The van der Waals surface area contributed by atoms with Gasteiger partial charge in [-0.05, 0) is 5.75 Å². The summed E-state index contributed by atoms with van der Waals surface area (Å²) < 4.78 is 1.67. The maximum absolute atomic E-state index is 8.39. The third-order valence-electron chi connectivity index (χ3n) is 1.52. The van der Waals surface area contributed by atoms with E-state index >= 15 is 0 Å². The molecule has 0 aromatic carbocycles. The molecule has 0 saturated carbocycles. The summed E-state index contributed by atoms with van der Waals surface area (Å²) in [6.45, 7) is 2.64. The summed E-state index contributed by atoms with van der Waals surface area (Å²) in [5.74, 6) is 1.61. The minimum absolute atomic E-state index is 0.447. The van der Waals surface area contributed by atoms with E-state index in [0.29, 0.717) is 18.8 Å². The van der Waals surface area contributed by atoms with Crippen LogP contribution in [0.3, 0.4) is 0 Å². The molecular weight excluding hydrogens is 184 g/mol. The van der Waals surface area contributed by atoms with Gasteiger partial charge in [-0.2, -0.15) is 10.4 Å². The molecule has 0 unspecified atom stereocenters. The summed E-state index contributed by atoms with van der Waals surface area (Å²) in [6.07, 6.45) is 0.447. The van der Waals surface area contributed by atoms with Crippen molar-refractivity contribution in [2.75, 3.05) is 11.5 Å². The molecule has 2 N–H and O–H groups in total. The normalized spacial score (nSPS) is 9.85. The molecule has 1 heterocycles. The van der Waals surface area contributed by atoms with Crippen molar-refractivity contribution in [2.24, 2.45) is 0 Å². The fraction of sp³-hybridized carbons (Fsp3) is 0.500. The van der Waals surface area contributed by atoms with E-state index < -0.39 is 0 Å². The van der Waals surface area contributed by atoms with Gasteiger partial charge in [0.1, 0.15) is 10.8 Å². The highest BCUT2D eigenvalue weighted by Gasteiger charge is 2.03. The summed E-state index contributed by atoms with van der Waals surface area (Å²) in [5, 5.41) is 13.6. The Labute approximate surface area is 81.7 Å². The molecule has 0 radical (unpaired) electrons. The zero-order valence-electron chi connectivity index (χ0n) is 7.53. The number of aryl methyl sites for hydroxylation is 1. The van der Waals surface area contributed by atoms with E-state index in [4.69, 9.17) is 11.0 Å². The molecule has 1 aromatic heterocycles. The highest BCUT2D eigenvalue weighted by Crippen LogP contribution is 2.18. The van der Waals surface area contributed by atoms with Crippen LogP contribution in [-0.4, -0.2) is 15.5 Å². The van der Waals surface area contributed by atoms with Crippen LogP contribution in [0.4, 0.5) is 5.82 Å². The molecule has 0 amide bonds. The van der Waals surface area contributed by atoms with E-state index in [9.17, 15) is 0 Å². The van der Waals surface area contributed by atoms with Crippen LogP contribution < -0.4 is 5.73 Å². The Bertz CT molecular complexity index is 312. The summed E-state index contributed by atoms with van der Waals surface area (Å²) in [5.41, 5.74) is 5.69. The molecule has 0 saturated heterocycles. The highest BCUT2D eigenvalue weighted by molar-refractivity contribution is 7.99. The predicted octanol–water partition coefficient (Wildman–Crippen LogP) is 1.49. The lowest BCUT2D eigenvalue weighted by Crippen LogP contribution is -2.03. The molecule has 13 heavy (non-hydrogen) atoms. The highest BCUT2D eigenvalue weighted by atomic mass is 32.2. The largest absolute Gasteiger partial charge is 0.384 e. The van der Waals surface area contributed by atoms with Crippen LogP contribution in [0.5, 0.6) is 0 Å². The minimum atomic E-state index is 0.447. The van der Waals surface area contributed by atoms with Crippen molar-refractivity contribution in [1.29, 1.82) is 5.26 Å². The molecule has 0 aliphatic rings. The fourth-order valence-electron chi connectivity index (χ4n) is 0.960. The van der Waals surface area contributed by atoms with Crippen LogP contribution in [-0.2, 0) is 6.54 Å². The zero-order chi connectivity index (χ0) is 9.68. The standard InChI is InChI=1S/C8H12N4S/c1-2-13-8-6-7(10)12(11-8)5-3-4-9/h6H,2-3,5,10H2,1H3. The third-order valence-corrected chi connectivity index (χ3v) is 2.30. The van der Waals surface area contributed by atoms with Gasteiger partial charge >= 0.3 is 0 Å². The van der Waals surface area contributed by atoms with Crippen molar-refractivity contribution < 1.29 is 0 Å². The molecule has 0 aliphatic carbocycles. The number of thioether (sulfide) groups is 1. The van der Waals surface area contributed by atoms with Crippen LogP contribution in [0.2, 0.25) is 0 Å². The number of nitrogens with zero attached hydrogens (tertiary/aromatic N) is 3. The van der Waals surface area contributed by atoms with Crippen LogP contribution in [0.25, 0.3) is 0 Å². The lowest BCUT2D eigenvalue weighted by molar-refractivity contribution is 0.620. The van der Waals surface area contributed by atoms with Gasteiger partial charge < -0.3 is 5.73 Å². The molecule has 0 aliphatic heterocycles. The maximum atomic E-state index is 8.39. The van der Waals surface area contributed by atoms with Gasteiger partial charge in [0.25, 0.3) is 0 Å². The Balaban J connectivity index is 2.67. The third kappa shape index (κ3) is 2.67. The number of rotatable bonds is 4. The first-order valence-corrected chi connectivity index (χ1v) is 5.09. The van der Waals surface area contributed by atoms with E-state index in [-0.39, 0.29) is 0 Å². The van der Waals surface area contributed by atoms with Crippen molar-refractivity contribution >= 4 is 17.6 Å². The van der Waals surface area contributed by atoms with E-state index in [1.165, 1.54) is 0 Å². The molecule has 0 atom stereocenters. The average Bonchev–Trinajstić information content (AvgIpc) is 2.44. The van der Waals surface area contributed by atoms with E-state index in [2.05, 4.69) is 18.1 Å². The number of hydrogen-bond acceptors (Lipinski definition) is 4. The summed E-state index contributed by atoms with van der Waals surface area (Å²) in [7, 11) is 0. The second-order valence-corrected chi connectivity index (χ2v) is 3.76. The van der Waals surface area contributed by atoms with Crippen molar-refractivity contribution in [3.63, 3.8) is 0 Å². The number of anilines is 1. The Kier molecular flexibility index (Phi) is 3.65. The number of nitriles is 1. The van der Waals surface area contributed by atoms with Gasteiger partial charge in [0.15, 0.2) is 0 Å². The van der Waals surface area contributed by atoms with Crippen LogP contribution >= 0.6 is 11.8 Å². The zero-order valence-corrected chi connectivity index (χ0v) is 8.34.